The minimum atomic E-state index is -4.33. The number of hydrogen-bond donors (Lipinski definition) is 2. The van der Waals surface area contributed by atoms with Crippen molar-refractivity contribution in [2.24, 2.45) is 5.41 Å². The van der Waals surface area contributed by atoms with E-state index in [0.29, 0.717) is 12.8 Å². The number of carbonyl (C=O) groups is 2. The topological polar surface area (TPSA) is 66.4 Å². The molecule has 128 valence electrons. The smallest absolute Gasteiger partial charge is 0.393 e. The monoisotopic (exact) mass is 331 g/mol. The highest BCUT2D eigenvalue weighted by Crippen LogP contribution is 2.31. The van der Waals surface area contributed by atoms with Crippen molar-refractivity contribution in [2.45, 2.75) is 45.7 Å². The summed E-state index contributed by atoms with van der Waals surface area (Å²) >= 11 is 0. The predicted molar refractivity (Wildman–Crippen MR) is 80.1 cm³/mol. The van der Waals surface area contributed by atoms with Crippen LogP contribution in [0.1, 0.15) is 38.7 Å². The lowest BCUT2D eigenvalue weighted by molar-refractivity contribution is -0.151. The number of hydrogen-bond acceptors (Lipinski definition) is 2. The SMILES string of the molecule is CCC(CC)(CC(=O)Nc1cccc(CC(F)(F)F)c1)C(=O)O. The summed E-state index contributed by atoms with van der Waals surface area (Å²) in [6.45, 7) is 3.38. The first-order valence-electron chi connectivity index (χ1n) is 7.31. The maximum atomic E-state index is 12.4. The van der Waals surface area contributed by atoms with Crippen LogP contribution in [0.3, 0.4) is 0 Å². The molecule has 0 fully saturated rings. The lowest BCUT2D eigenvalue weighted by Crippen LogP contribution is -2.34. The Kier molecular flexibility index (Phi) is 6.18. The van der Waals surface area contributed by atoms with Gasteiger partial charge in [-0.05, 0) is 30.5 Å². The number of aliphatic carboxylic acids is 1. The summed E-state index contributed by atoms with van der Waals surface area (Å²) in [4.78, 5) is 23.4. The van der Waals surface area contributed by atoms with Crippen LogP contribution in [0.25, 0.3) is 0 Å². The summed E-state index contributed by atoms with van der Waals surface area (Å²) < 4.78 is 37.2. The van der Waals surface area contributed by atoms with Crippen LogP contribution >= 0.6 is 0 Å². The van der Waals surface area contributed by atoms with E-state index in [1.54, 1.807) is 13.8 Å². The lowest BCUT2D eigenvalue weighted by Gasteiger charge is -2.25. The largest absolute Gasteiger partial charge is 0.481 e. The molecule has 0 aromatic heterocycles. The average Bonchev–Trinajstić information content (AvgIpc) is 2.43. The van der Waals surface area contributed by atoms with Gasteiger partial charge in [0.1, 0.15) is 0 Å². The summed E-state index contributed by atoms with van der Waals surface area (Å²) in [7, 11) is 0. The molecule has 1 aromatic carbocycles. The summed E-state index contributed by atoms with van der Waals surface area (Å²) in [5.41, 5.74) is -0.901. The Morgan fingerprint density at radius 3 is 2.26 bits per heavy atom. The van der Waals surface area contributed by atoms with Crippen molar-refractivity contribution >= 4 is 17.6 Å². The standard InChI is InChI=1S/C16H20F3NO3/c1-3-15(4-2,14(22)23)10-13(21)20-12-7-5-6-11(8-12)9-16(17,18)19/h5-8H,3-4,9-10H2,1-2H3,(H,20,21)(H,22,23). The number of anilines is 1. The Balaban J connectivity index is 2.81. The summed E-state index contributed by atoms with van der Waals surface area (Å²) in [5, 5.41) is 11.8. The molecule has 1 amide bonds. The van der Waals surface area contributed by atoms with Gasteiger partial charge in [0.2, 0.25) is 5.91 Å². The van der Waals surface area contributed by atoms with Gasteiger partial charge in [-0.1, -0.05) is 26.0 Å². The molecule has 0 aliphatic heterocycles. The zero-order chi connectivity index (χ0) is 17.7. The first-order valence-corrected chi connectivity index (χ1v) is 7.31. The normalized spacial score (nSPS) is 12.0. The van der Waals surface area contributed by atoms with E-state index in [0.717, 1.165) is 0 Å². The van der Waals surface area contributed by atoms with Gasteiger partial charge in [-0.3, -0.25) is 9.59 Å². The van der Waals surface area contributed by atoms with Gasteiger partial charge in [0.25, 0.3) is 0 Å². The fourth-order valence-corrected chi connectivity index (χ4v) is 2.38. The fourth-order valence-electron chi connectivity index (χ4n) is 2.38. The first kappa shape index (κ1) is 19.0. The molecule has 1 aromatic rings. The lowest BCUT2D eigenvalue weighted by atomic mass is 9.79. The van der Waals surface area contributed by atoms with E-state index in [1.165, 1.54) is 24.3 Å². The Bertz CT molecular complexity index is 566. The van der Waals surface area contributed by atoms with Gasteiger partial charge in [0.15, 0.2) is 0 Å². The van der Waals surface area contributed by atoms with Gasteiger partial charge < -0.3 is 10.4 Å². The number of carbonyl (C=O) groups excluding carboxylic acids is 1. The van der Waals surface area contributed by atoms with E-state index >= 15 is 0 Å². The molecule has 0 radical (unpaired) electrons. The van der Waals surface area contributed by atoms with Crippen LogP contribution in [0.15, 0.2) is 24.3 Å². The average molecular weight is 331 g/mol. The first-order chi connectivity index (χ1) is 10.6. The highest BCUT2D eigenvalue weighted by molar-refractivity contribution is 5.94. The second-order valence-electron chi connectivity index (χ2n) is 5.51. The van der Waals surface area contributed by atoms with Crippen molar-refractivity contribution < 1.29 is 27.9 Å². The Hall–Kier alpha value is -2.05. The Labute approximate surface area is 132 Å². The number of nitrogens with one attached hydrogen (secondary N) is 1. The van der Waals surface area contributed by atoms with Gasteiger partial charge in [-0.2, -0.15) is 13.2 Å². The summed E-state index contributed by atoms with van der Waals surface area (Å²) in [6.07, 6.45) is -5.05. The third kappa shape index (κ3) is 5.58. The minimum absolute atomic E-state index is 0.0331. The van der Waals surface area contributed by atoms with E-state index in [9.17, 15) is 27.9 Å². The van der Waals surface area contributed by atoms with Crippen LogP contribution in [-0.2, 0) is 16.0 Å². The molecule has 0 unspecified atom stereocenters. The summed E-state index contributed by atoms with van der Waals surface area (Å²) in [5.74, 6) is -1.58. The van der Waals surface area contributed by atoms with E-state index < -0.39 is 29.9 Å². The molecule has 0 aliphatic rings. The molecule has 0 aliphatic carbocycles. The van der Waals surface area contributed by atoms with Crippen LogP contribution in [-0.4, -0.2) is 23.2 Å². The second kappa shape index (κ2) is 7.48. The molecule has 7 heteroatoms. The van der Waals surface area contributed by atoms with Crippen LogP contribution in [0.4, 0.5) is 18.9 Å². The number of amides is 1. The summed E-state index contributed by atoms with van der Waals surface area (Å²) in [6, 6.07) is 5.45. The third-order valence-electron chi connectivity index (χ3n) is 3.92. The van der Waals surface area contributed by atoms with Crippen LogP contribution < -0.4 is 5.32 Å². The molecule has 2 N–H and O–H groups in total. The van der Waals surface area contributed by atoms with Crippen molar-refractivity contribution in [3.05, 3.63) is 29.8 Å². The van der Waals surface area contributed by atoms with E-state index in [4.69, 9.17) is 0 Å². The van der Waals surface area contributed by atoms with Crippen LogP contribution in [0, 0.1) is 5.41 Å². The van der Waals surface area contributed by atoms with Crippen molar-refractivity contribution in [3.8, 4) is 0 Å². The van der Waals surface area contributed by atoms with Crippen molar-refractivity contribution in [3.63, 3.8) is 0 Å². The van der Waals surface area contributed by atoms with Crippen molar-refractivity contribution in [1.29, 1.82) is 0 Å². The predicted octanol–water partition coefficient (Wildman–Crippen LogP) is 4.01. The molecule has 4 nitrogen and oxygen atoms in total. The third-order valence-corrected chi connectivity index (χ3v) is 3.92. The number of alkyl halides is 3. The number of carboxylic acids is 1. The molecular weight excluding hydrogens is 311 g/mol. The Morgan fingerprint density at radius 2 is 1.78 bits per heavy atom. The van der Waals surface area contributed by atoms with Gasteiger partial charge >= 0.3 is 12.1 Å². The van der Waals surface area contributed by atoms with Gasteiger partial charge in [-0.15, -0.1) is 0 Å². The molecule has 0 heterocycles. The molecular formula is C16H20F3NO3. The van der Waals surface area contributed by atoms with E-state index in [2.05, 4.69) is 5.32 Å². The van der Waals surface area contributed by atoms with Gasteiger partial charge in [0.05, 0.1) is 11.8 Å². The highest BCUT2D eigenvalue weighted by Gasteiger charge is 2.37. The zero-order valence-corrected chi connectivity index (χ0v) is 13.0. The number of benzene rings is 1. The van der Waals surface area contributed by atoms with Gasteiger partial charge in [0, 0.05) is 12.1 Å². The maximum Gasteiger partial charge on any atom is 0.393 e. The van der Waals surface area contributed by atoms with Gasteiger partial charge in [-0.25, -0.2) is 0 Å². The zero-order valence-electron chi connectivity index (χ0n) is 13.0. The maximum absolute atomic E-state index is 12.4. The Morgan fingerprint density at radius 1 is 1.17 bits per heavy atom. The van der Waals surface area contributed by atoms with E-state index in [1.807, 2.05) is 0 Å². The number of halogens is 3. The molecule has 0 saturated carbocycles. The van der Waals surface area contributed by atoms with E-state index in [-0.39, 0.29) is 17.7 Å². The van der Waals surface area contributed by atoms with Crippen LogP contribution in [0.2, 0.25) is 0 Å². The molecule has 0 saturated heterocycles. The van der Waals surface area contributed by atoms with Crippen molar-refractivity contribution in [2.75, 3.05) is 5.32 Å². The number of rotatable bonds is 7. The molecule has 0 bridgehead atoms. The molecule has 0 spiro atoms. The number of carboxylic acid groups (broad SMARTS) is 1. The molecule has 1 rings (SSSR count). The quantitative estimate of drug-likeness (QED) is 0.793. The second-order valence-corrected chi connectivity index (χ2v) is 5.51. The minimum Gasteiger partial charge on any atom is -0.481 e. The molecule has 23 heavy (non-hydrogen) atoms. The van der Waals surface area contributed by atoms with Crippen molar-refractivity contribution in [1.82, 2.24) is 0 Å². The highest BCUT2D eigenvalue weighted by atomic mass is 19.4. The van der Waals surface area contributed by atoms with Crippen LogP contribution in [0.5, 0.6) is 0 Å². The fraction of sp³-hybridized carbons (Fsp3) is 0.500. The molecule has 0 atom stereocenters.